The molecule has 0 spiro atoms. The predicted octanol–water partition coefficient (Wildman–Crippen LogP) is 1.46. The molecule has 0 rings (SSSR count). The van der Waals surface area contributed by atoms with Crippen molar-refractivity contribution in [1.29, 1.82) is 0 Å². The molecule has 0 heterocycles. The van der Waals surface area contributed by atoms with E-state index in [1.807, 2.05) is 13.8 Å². The molecule has 14 heavy (non-hydrogen) atoms. The average Bonchev–Trinajstić information content (AvgIpc) is 2.01. The number of rotatable bonds is 7. The van der Waals surface area contributed by atoms with Crippen molar-refractivity contribution in [3.63, 3.8) is 0 Å². The van der Waals surface area contributed by atoms with Gasteiger partial charge in [0.2, 0.25) is 0 Å². The number of hydrogen-bond donors (Lipinski definition) is 1. The minimum absolute atomic E-state index is 0.203. The van der Waals surface area contributed by atoms with Crippen LogP contribution < -0.4 is 0 Å². The maximum Gasteiger partial charge on any atom is 0.328 e. The van der Waals surface area contributed by atoms with E-state index in [0.29, 0.717) is 25.4 Å². The van der Waals surface area contributed by atoms with E-state index in [2.05, 4.69) is 0 Å². The van der Waals surface area contributed by atoms with Crippen LogP contribution in [-0.2, 0) is 14.3 Å². The molecule has 0 aromatic carbocycles. The maximum atomic E-state index is 10.2. The summed E-state index contributed by atoms with van der Waals surface area (Å²) in [4.78, 5) is 10.2. The molecule has 0 saturated heterocycles. The zero-order chi connectivity index (χ0) is 11.0. The second-order valence-corrected chi connectivity index (χ2v) is 3.30. The van der Waals surface area contributed by atoms with Gasteiger partial charge in [-0.15, -0.1) is 0 Å². The quantitative estimate of drug-likeness (QED) is 0.501. The molecule has 0 aromatic rings. The molecule has 0 atom stereocenters. The number of carbonyl (C=O) groups is 1. The monoisotopic (exact) mass is 202 g/mol. The molecule has 0 unspecified atom stereocenters. The number of aliphatic carboxylic acids is 1. The van der Waals surface area contributed by atoms with Gasteiger partial charge in [0.15, 0.2) is 0 Å². The fourth-order valence-electron chi connectivity index (χ4n) is 0.828. The van der Waals surface area contributed by atoms with Crippen LogP contribution in [0.15, 0.2) is 11.6 Å². The third kappa shape index (κ3) is 9.22. The lowest BCUT2D eigenvalue weighted by molar-refractivity contribution is -0.131. The highest BCUT2D eigenvalue weighted by atomic mass is 16.5. The Labute approximate surface area is 84.5 Å². The number of ether oxygens (including phenoxy) is 2. The van der Waals surface area contributed by atoms with Gasteiger partial charge in [-0.05, 0) is 26.3 Å². The standard InChI is InChI=1S/C10H18O4/c1-8(2)14-5-4-13-7-9(3)6-10(11)12/h6,8H,4-5,7H2,1-3H3,(H,11,12). The highest BCUT2D eigenvalue weighted by Crippen LogP contribution is 1.94. The summed E-state index contributed by atoms with van der Waals surface area (Å²) >= 11 is 0. The predicted molar refractivity (Wildman–Crippen MR) is 53.3 cm³/mol. The van der Waals surface area contributed by atoms with Crippen LogP contribution in [0.1, 0.15) is 20.8 Å². The van der Waals surface area contributed by atoms with Gasteiger partial charge < -0.3 is 14.6 Å². The van der Waals surface area contributed by atoms with E-state index < -0.39 is 5.97 Å². The van der Waals surface area contributed by atoms with Crippen molar-refractivity contribution in [2.24, 2.45) is 0 Å². The molecule has 1 N–H and O–H groups in total. The van der Waals surface area contributed by atoms with Crippen LogP contribution in [-0.4, -0.2) is 37.0 Å². The van der Waals surface area contributed by atoms with Crippen molar-refractivity contribution in [1.82, 2.24) is 0 Å². The summed E-state index contributed by atoms with van der Waals surface area (Å²) in [6.45, 7) is 7.00. The largest absolute Gasteiger partial charge is 0.478 e. The van der Waals surface area contributed by atoms with Crippen LogP contribution in [0.5, 0.6) is 0 Å². The molecule has 82 valence electrons. The summed E-state index contributed by atoms with van der Waals surface area (Å²) in [6.07, 6.45) is 1.35. The molecule has 0 aliphatic rings. The van der Waals surface area contributed by atoms with Gasteiger partial charge in [0.05, 0.1) is 25.9 Å². The van der Waals surface area contributed by atoms with Gasteiger partial charge in [-0.2, -0.15) is 0 Å². The van der Waals surface area contributed by atoms with Crippen LogP contribution in [0.4, 0.5) is 0 Å². The average molecular weight is 202 g/mol. The summed E-state index contributed by atoms with van der Waals surface area (Å²) in [5.74, 6) is -0.940. The van der Waals surface area contributed by atoms with Crippen molar-refractivity contribution in [3.8, 4) is 0 Å². The first kappa shape index (κ1) is 13.1. The Morgan fingerprint density at radius 1 is 1.43 bits per heavy atom. The van der Waals surface area contributed by atoms with Crippen LogP contribution >= 0.6 is 0 Å². The minimum atomic E-state index is -0.940. The van der Waals surface area contributed by atoms with Gasteiger partial charge in [0.25, 0.3) is 0 Å². The summed E-state index contributed by atoms with van der Waals surface area (Å²) in [6, 6.07) is 0. The summed E-state index contributed by atoms with van der Waals surface area (Å²) in [7, 11) is 0. The molecule has 0 aliphatic carbocycles. The summed E-state index contributed by atoms with van der Waals surface area (Å²) < 4.78 is 10.4. The van der Waals surface area contributed by atoms with Crippen molar-refractivity contribution < 1.29 is 19.4 Å². The molecular weight excluding hydrogens is 184 g/mol. The van der Waals surface area contributed by atoms with Gasteiger partial charge in [-0.3, -0.25) is 0 Å². The lowest BCUT2D eigenvalue weighted by Gasteiger charge is -2.07. The topological polar surface area (TPSA) is 55.8 Å². The number of hydrogen-bond acceptors (Lipinski definition) is 3. The highest BCUT2D eigenvalue weighted by molar-refractivity contribution is 5.80. The van der Waals surface area contributed by atoms with Crippen molar-refractivity contribution >= 4 is 5.97 Å². The Morgan fingerprint density at radius 2 is 2.07 bits per heavy atom. The lowest BCUT2D eigenvalue weighted by atomic mass is 10.3. The third-order valence-corrected chi connectivity index (χ3v) is 1.38. The van der Waals surface area contributed by atoms with Crippen LogP contribution in [0.2, 0.25) is 0 Å². The molecule has 0 radical (unpaired) electrons. The first-order valence-electron chi connectivity index (χ1n) is 4.62. The minimum Gasteiger partial charge on any atom is -0.478 e. The Kier molecular flexibility index (Phi) is 7.06. The van der Waals surface area contributed by atoms with Gasteiger partial charge in [0.1, 0.15) is 0 Å². The first-order chi connectivity index (χ1) is 6.52. The summed E-state index contributed by atoms with van der Waals surface area (Å²) in [5.41, 5.74) is 0.696. The van der Waals surface area contributed by atoms with E-state index in [1.165, 1.54) is 0 Å². The Bertz CT molecular complexity index is 196. The molecular formula is C10H18O4. The van der Waals surface area contributed by atoms with Gasteiger partial charge in [-0.25, -0.2) is 4.79 Å². The van der Waals surface area contributed by atoms with Crippen molar-refractivity contribution in [3.05, 3.63) is 11.6 Å². The van der Waals surface area contributed by atoms with E-state index in [9.17, 15) is 4.79 Å². The second-order valence-electron chi connectivity index (χ2n) is 3.30. The molecule has 4 nitrogen and oxygen atoms in total. The van der Waals surface area contributed by atoms with Gasteiger partial charge >= 0.3 is 5.97 Å². The van der Waals surface area contributed by atoms with E-state index in [4.69, 9.17) is 14.6 Å². The molecule has 0 amide bonds. The fourth-order valence-corrected chi connectivity index (χ4v) is 0.828. The van der Waals surface area contributed by atoms with Crippen LogP contribution in [0.25, 0.3) is 0 Å². The first-order valence-corrected chi connectivity index (χ1v) is 4.62. The van der Waals surface area contributed by atoms with E-state index in [-0.39, 0.29) is 6.10 Å². The summed E-state index contributed by atoms with van der Waals surface area (Å²) in [5, 5.41) is 8.40. The highest BCUT2D eigenvalue weighted by Gasteiger charge is 1.96. The smallest absolute Gasteiger partial charge is 0.328 e. The number of carboxylic acid groups (broad SMARTS) is 1. The molecule has 0 fully saturated rings. The third-order valence-electron chi connectivity index (χ3n) is 1.38. The molecule has 0 aliphatic heterocycles. The molecule has 0 bridgehead atoms. The maximum absolute atomic E-state index is 10.2. The van der Waals surface area contributed by atoms with Crippen LogP contribution in [0, 0.1) is 0 Å². The fraction of sp³-hybridized carbons (Fsp3) is 0.700. The molecule has 4 heteroatoms. The molecule has 0 aromatic heterocycles. The Hall–Kier alpha value is -0.870. The second kappa shape index (κ2) is 7.53. The SMILES string of the molecule is CC(=CC(=O)O)COCCOC(C)C. The Balaban J connectivity index is 3.41. The number of carboxylic acids is 1. The van der Waals surface area contributed by atoms with Gasteiger partial charge in [-0.1, -0.05) is 0 Å². The van der Waals surface area contributed by atoms with Gasteiger partial charge in [0, 0.05) is 6.08 Å². The zero-order valence-corrected chi connectivity index (χ0v) is 8.95. The Morgan fingerprint density at radius 3 is 2.57 bits per heavy atom. The van der Waals surface area contributed by atoms with Crippen molar-refractivity contribution in [2.75, 3.05) is 19.8 Å². The van der Waals surface area contributed by atoms with E-state index in [1.54, 1.807) is 6.92 Å². The van der Waals surface area contributed by atoms with Crippen LogP contribution in [0.3, 0.4) is 0 Å². The molecule has 0 saturated carbocycles. The lowest BCUT2D eigenvalue weighted by Crippen LogP contribution is -2.10. The van der Waals surface area contributed by atoms with E-state index >= 15 is 0 Å². The zero-order valence-electron chi connectivity index (χ0n) is 8.95. The van der Waals surface area contributed by atoms with Crippen molar-refractivity contribution in [2.45, 2.75) is 26.9 Å². The van der Waals surface area contributed by atoms with E-state index in [0.717, 1.165) is 6.08 Å². The normalized spacial score (nSPS) is 12.1.